The Kier molecular flexibility index (Phi) is 4.30. The molecule has 110 valence electrons. The van der Waals surface area contributed by atoms with E-state index in [4.69, 9.17) is 11.6 Å². The minimum Gasteiger partial charge on any atom is -0.365 e. The van der Waals surface area contributed by atoms with E-state index in [0.717, 1.165) is 22.1 Å². The predicted molar refractivity (Wildman–Crippen MR) is 89.7 cm³/mol. The van der Waals surface area contributed by atoms with Crippen LogP contribution in [0.25, 0.3) is 0 Å². The third-order valence-electron chi connectivity index (χ3n) is 4.72. The van der Waals surface area contributed by atoms with Gasteiger partial charge in [0.1, 0.15) is 0 Å². The number of benzene rings is 1. The van der Waals surface area contributed by atoms with Crippen molar-refractivity contribution in [2.75, 3.05) is 24.5 Å². The first kappa shape index (κ1) is 14.7. The lowest BCUT2D eigenvalue weighted by atomic mass is 9.96. The minimum absolute atomic E-state index is 0.585. The van der Waals surface area contributed by atoms with Gasteiger partial charge in [-0.1, -0.05) is 25.4 Å². The smallest absolute Gasteiger partial charge is 0.0515 e. The van der Waals surface area contributed by atoms with Crippen molar-refractivity contribution >= 4 is 33.2 Å². The van der Waals surface area contributed by atoms with Crippen molar-refractivity contribution in [1.29, 1.82) is 0 Å². The SMILES string of the molecule is CC(C)C1CN2CCCC2CN1c1ccc(Cl)cc1Br. The summed E-state index contributed by atoms with van der Waals surface area (Å²) >= 11 is 9.78. The fraction of sp³-hybridized carbons (Fsp3) is 0.625. The zero-order valence-corrected chi connectivity index (χ0v) is 14.5. The van der Waals surface area contributed by atoms with Crippen LogP contribution >= 0.6 is 27.5 Å². The van der Waals surface area contributed by atoms with Crippen molar-refractivity contribution in [3.63, 3.8) is 0 Å². The number of rotatable bonds is 2. The molecule has 0 N–H and O–H groups in total. The van der Waals surface area contributed by atoms with Gasteiger partial charge in [-0.3, -0.25) is 4.90 Å². The lowest BCUT2D eigenvalue weighted by molar-refractivity contribution is 0.176. The van der Waals surface area contributed by atoms with E-state index >= 15 is 0 Å². The highest BCUT2D eigenvalue weighted by Crippen LogP contribution is 2.36. The van der Waals surface area contributed by atoms with Crippen LogP contribution in [0.3, 0.4) is 0 Å². The van der Waals surface area contributed by atoms with Crippen LogP contribution in [-0.4, -0.2) is 36.6 Å². The number of hydrogen-bond donors (Lipinski definition) is 0. The molecule has 0 aliphatic carbocycles. The maximum Gasteiger partial charge on any atom is 0.0515 e. The summed E-state index contributed by atoms with van der Waals surface area (Å²) in [6, 6.07) is 7.48. The molecule has 2 atom stereocenters. The fourth-order valence-corrected chi connectivity index (χ4v) is 4.52. The molecule has 0 saturated carbocycles. The first-order valence-electron chi connectivity index (χ1n) is 7.52. The summed E-state index contributed by atoms with van der Waals surface area (Å²) in [5.74, 6) is 0.652. The number of fused-ring (bicyclic) bond motifs is 1. The third-order valence-corrected chi connectivity index (χ3v) is 5.59. The molecule has 0 amide bonds. The van der Waals surface area contributed by atoms with Crippen molar-refractivity contribution in [2.24, 2.45) is 5.92 Å². The first-order chi connectivity index (χ1) is 9.56. The van der Waals surface area contributed by atoms with E-state index in [-0.39, 0.29) is 0 Å². The number of hydrogen-bond acceptors (Lipinski definition) is 2. The molecule has 3 rings (SSSR count). The van der Waals surface area contributed by atoms with Crippen LogP contribution in [0.5, 0.6) is 0 Å². The molecular weight excluding hydrogens is 336 g/mol. The molecule has 0 spiro atoms. The summed E-state index contributed by atoms with van der Waals surface area (Å²) in [6.07, 6.45) is 2.69. The summed E-state index contributed by atoms with van der Waals surface area (Å²) in [6.45, 7) is 8.28. The number of piperazine rings is 1. The molecular formula is C16H22BrClN2. The summed E-state index contributed by atoms with van der Waals surface area (Å²) < 4.78 is 1.11. The van der Waals surface area contributed by atoms with E-state index in [2.05, 4.69) is 45.6 Å². The molecule has 0 aromatic heterocycles. The average Bonchev–Trinajstić information content (AvgIpc) is 2.84. The highest BCUT2D eigenvalue weighted by molar-refractivity contribution is 9.10. The number of halogens is 2. The van der Waals surface area contributed by atoms with Crippen molar-refractivity contribution in [3.05, 3.63) is 27.7 Å². The summed E-state index contributed by atoms with van der Waals surface area (Å²) in [7, 11) is 0. The van der Waals surface area contributed by atoms with Gasteiger partial charge in [0.15, 0.2) is 0 Å². The van der Waals surface area contributed by atoms with Crippen LogP contribution in [-0.2, 0) is 0 Å². The summed E-state index contributed by atoms with van der Waals surface area (Å²) in [5, 5.41) is 0.793. The number of nitrogens with zero attached hydrogens (tertiary/aromatic N) is 2. The second-order valence-electron chi connectivity index (χ2n) is 6.35. The van der Waals surface area contributed by atoms with Crippen LogP contribution < -0.4 is 4.90 Å². The van der Waals surface area contributed by atoms with Crippen molar-refractivity contribution in [2.45, 2.75) is 38.8 Å². The average molecular weight is 358 g/mol. The fourth-order valence-electron chi connectivity index (χ4n) is 3.61. The van der Waals surface area contributed by atoms with Gasteiger partial charge in [0.2, 0.25) is 0 Å². The van der Waals surface area contributed by atoms with Gasteiger partial charge >= 0.3 is 0 Å². The van der Waals surface area contributed by atoms with Crippen molar-refractivity contribution < 1.29 is 0 Å². The molecule has 2 aliphatic heterocycles. The van der Waals surface area contributed by atoms with Gasteiger partial charge < -0.3 is 4.90 Å². The van der Waals surface area contributed by atoms with Crippen molar-refractivity contribution in [1.82, 2.24) is 4.90 Å². The van der Waals surface area contributed by atoms with Gasteiger partial charge in [-0.15, -0.1) is 0 Å². The van der Waals surface area contributed by atoms with Crippen LogP contribution in [0.1, 0.15) is 26.7 Å². The van der Waals surface area contributed by atoms with E-state index in [1.807, 2.05) is 12.1 Å². The monoisotopic (exact) mass is 356 g/mol. The second-order valence-corrected chi connectivity index (χ2v) is 7.64. The quantitative estimate of drug-likeness (QED) is 0.773. The van der Waals surface area contributed by atoms with Crippen LogP contribution in [0, 0.1) is 5.92 Å². The molecule has 2 heterocycles. The maximum atomic E-state index is 6.09. The molecule has 2 unspecified atom stereocenters. The van der Waals surface area contributed by atoms with Gasteiger partial charge in [0.05, 0.1) is 5.69 Å². The van der Waals surface area contributed by atoms with Gasteiger partial charge in [-0.25, -0.2) is 0 Å². The Hall–Kier alpha value is -0.250. The molecule has 2 aliphatic rings. The Morgan fingerprint density at radius 2 is 2.10 bits per heavy atom. The third kappa shape index (κ3) is 2.72. The minimum atomic E-state index is 0.585. The Morgan fingerprint density at radius 3 is 2.80 bits per heavy atom. The van der Waals surface area contributed by atoms with Crippen LogP contribution in [0.2, 0.25) is 5.02 Å². The Labute approximate surface area is 135 Å². The maximum absolute atomic E-state index is 6.09. The van der Waals surface area contributed by atoms with Gasteiger partial charge in [0.25, 0.3) is 0 Å². The molecule has 0 radical (unpaired) electrons. The Morgan fingerprint density at radius 1 is 1.30 bits per heavy atom. The zero-order valence-electron chi connectivity index (χ0n) is 12.1. The molecule has 4 heteroatoms. The number of anilines is 1. The standard InChI is InChI=1S/C16H22BrClN2/c1-11(2)16-10-19-7-3-4-13(19)9-20(16)15-6-5-12(18)8-14(15)17/h5-6,8,11,13,16H,3-4,7,9-10H2,1-2H3. The van der Waals surface area contributed by atoms with E-state index < -0.39 is 0 Å². The van der Waals surface area contributed by atoms with Gasteiger partial charge in [-0.05, 0) is 59.4 Å². The zero-order chi connectivity index (χ0) is 14.3. The van der Waals surface area contributed by atoms with Crippen LogP contribution in [0.4, 0.5) is 5.69 Å². The van der Waals surface area contributed by atoms with Crippen LogP contribution in [0.15, 0.2) is 22.7 Å². The van der Waals surface area contributed by atoms with Gasteiger partial charge in [0, 0.05) is 34.7 Å². The van der Waals surface area contributed by atoms with E-state index in [1.165, 1.54) is 31.6 Å². The topological polar surface area (TPSA) is 6.48 Å². The largest absolute Gasteiger partial charge is 0.365 e. The Balaban J connectivity index is 1.91. The highest BCUT2D eigenvalue weighted by atomic mass is 79.9. The normalized spacial score (nSPS) is 27.1. The van der Waals surface area contributed by atoms with E-state index in [1.54, 1.807) is 0 Å². The molecule has 20 heavy (non-hydrogen) atoms. The van der Waals surface area contributed by atoms with E-state index in [0.29, 0.717) is 12.0 Å². The highest BCUT2D eigenvalue weighted by Gasteiger charge is 2.37. The Bertz CT molecular complexity index is 491. The molecule has 2 fully saturated rings. The first-order valence-corrected chi connectivity index (χ1v) is 8.69. The van der Waals surface area contributed by atoms with E-state index in [9.17, 15) is 0 Å². The van der Waals surface area contributed by atoms with Gasteiger partial charge in [-0.2, -0.15) is 0 Å². The summed E-state index contributed by atoms with van der Waals surface area (Å²) in [5.41, 5.74) is 1.29. The lowest BCUT2D eigenvalue weighted by Gasteiger charge is -2.47. The molecule has 1 aromatic rings. The molecule has 0 bridgehead atoms. The van der Waals surface area contributed by atoms with Crippen molar-refractivity contribution in [3.8, 4) is 0 Å². The summed E-state index contributed by atoms with van der Waals surface area (Å²) in [4.78, 5) is 5.28. The predicted octanol–water partition coefficient (Wildman–Crippen LogP) is 4.41. The second kappa shape index (κ2) is 5.86. The lowest BCUT2D eigenvalue weighted by Crippen LogP contribution is -2.58. The molecule has 2 nitrogen and oxygen atoms in total. The molecule has 2 saturated heterocycles. The molecule has 1 aromatic carbocycles.